The molecule has 2 aliphatic heterocycles. The van der Waals surface area contributed by atoms with Crippen LogP contribution in [0.25, 0.3) is 0 Å². The molecule has 2 aliphatic carbocycles. The smallest absolute Gasteiger partial charge is 0.246 e. The van der Waals surface area contributed by atoms with Crippen molar-refractivity contribution in [2.24, 2.45) is 5.41 Å². The quantitative estimate of drug-likeness (QED) is 0.581. The lowest BCUT2D eigenvalue weighted by atomic mass is 9.77. The Bertz CT molecular complexity index is 979. The van der Waals surface area contributed by atoms with E-state index >= 15 is 0 Å². The summed E-state index contributed by atoms with van der Waals surface area (Å²) >= 11 is 1.78. The third-order valence-electron chi connectivity index (χ3n) is 8.70. The molecule has 1 saturated carbocycles. The zero-order valence-electron chi connectivity index (χ0n) is 20.8. The summed E-state index contributed by atoms with van der Waals surface area (Å²) in [6.07, 6.45) is 8.68. The fourth-order valence-electron chi connectivity index (χ4n) is 6.73. The maximum absolute atomic E-state index is 14.1. The highest BCUT2D eigenvalue weighted by atomic mass is 32.2. The van der Waals surface area contributed by atoms with Crippen LogP contribution in [0, 0.1) is 5.41 Å². The predicted octanol–water partition coefficient (Wildman–Crippen LogP) is 2.90. The van der Waals surface area contributed by atoms with Crippen LogP contribution in [-0.2, 0) is 20.8 Å². The molecule has 2 saturated heterocycles. The van der Waals surface area contributed by atoms with Crippen molar-refractivity contribution < 1.29 is 14.4 Å². The molecule has 3 N–H and O–H groups in total. The number of hydrogen-bond acceptors (Lipinski definition) is 5. The molecule has 4 aliphatic rings. The van der Waals surface area contributed by atoms with E-state index in [0.717, 1.165) is 57.1 Å². The van der Waals surface area contributed by atoms with Gasteiger partial charge in [0.2, 0.25) is 17.7 Å². The second kappa shape index (κ2) is 10.1. The normalized spacial score (nSPS) is 30.3. The van der Waals surface area contributed by atoms with Crippen LogP contribution < -0.4 is 16.0 Å². The molecule has 0 aromatic heterocycles. The van der Waals surface area contributed by atoms with Crippen LogP contribution in [0.4, 0.5) is 0 Å². The minimum atomic E-state index is -0.585. The van der Waals surface area contributed by atoms with Gasteiger partial charge in [0, 0.05) is 5.41 Å². The van der Waals surface area contributed by atoms with E-state index in [0.29, 0.717) is 6.42 Å². The van der Waals surface area contributed by atoms with E-state index in [1.807, 2.05) is 11.0 Å². The van der Waals surface area contributed by atoms with Crippen LogP contribution in [0.3, 0.4) is 0 Å². The molecule has 5 atom stereocenters. The Kier molecular flexibility index (Phi) is 7.13. The van der Waals surface area contributed by atoms with Gasteiger partial charge in [0.25, 0.3) is 0 Å². The van der Waals surface area contributed by atoms with E-state index in [4.69, 9.17) is 0 Å². The van der Waals surface area contributed by atoms with Crippen LogP contribution in [0.1, 0.15) is 75.5 Å². The Morgan fingerprint density at radius 1 is 1.09 bits per heavy atom. The molecule has 5 rings (SSSR count). The summed E-state index contributed by atoms with van der Waals surface area (Å²) < 4.78 is 0. The number of carbonyl (C=O) groups is 3. The summed E-state index contributed by atoms with van der Waals surface area (Å²) in [4.78, 5) is 42.5. The molecule has 1 aromatic carbocycles. The first-order valence-electron chi connectivity index (χ1n) is 13.2. The molecule has 35 heavy (non-hydrogen) atoms. The van der Waals surface area contributed by atoms with E-state index in [2.05, 4.69) is 34.1 Å². The van der Waals surface area contributed by atoms with Gasteiger partial charge >= 0.3 is 0 Å². The third-order valence-corrected chi connectivity index (χ3v) is 9.95. The number of hydrogen-bond donors (Lipinski definition) is 3. The van der Waals surface area contributed by atoms with Crippen molar-refractivity contribution in [2.45, 2.75) is 94.3 Å². The number of amides is 3. The Labute approximate surface area is 212 Å². The fourth-order valence-corrected chi connectivity index (χ4v) is 8.21. The number of carbonyl (C=O) groups excluding carboxylic acids is 3. The van der Waals surface area contributed by atoms with Gasteiger partial charge < -0.3 is 20.9 Å². The zero-order chi connectivity index (χ0) is 24.6. The van der Waals surface area contributed by atoms with Gasteiger partial charge in [0.1, 0.15) is 12.1 Å². The summed E-state index contributed by atoms with van der Waals surface area (Å²) in [6.45, 7) is 1.79. The van der Waals surface area contributed by atoms with Gasteiger partial charge in [-0.25, -0.2) is 0 Å². The van der Waals surface area contributed by atoms with E-state index < -0.39 is 12.1 Å². The largest absolute Gasteiger partial charge is 0.347 e. The molecular weight excluding hydrogens is 460 g/mol. The van der Waals surface area contributed by atoms with Gasteiger partial charge in [0.15, 0.2) is 0 Å². The van der Waals surface area contributed by atoms with Crippen molar-refractivity contribution in [2.75, 3.05) is 12.8 Å². The van der Waals surface area contributed by atoms with Crippen molar-refractivity contribution in [3.63, 3.8) is 0 Å². The Morgan fingerprint density at radius 2 is 1.86 bits per heavy atom. The van der Waals surface area contributed by atoms with Crippen molar-refractivity contribution in [1.29, 1.82) is 0 Å². The summed E-state index contributed by atoms with van der Waals surface area (Å²) in [5.74, 6) is 0.515. The molecule has 3 fully saturated rings. The topological polar surface area (TPSA) is 90.5 Å². The summed E-state index contributed by atoms with van der Waals surface area (Å²) in [5.41, 5.74) is 2.37. The lowest BCUT2D eigenvalue weighted by molar-refractivity contribution is -0.144. The number of nitrogens with one attached hydrogen (secondary N) is 3. The van der Waals surface area contributed by atoms with Crippen molar-refractivity contribution in [3.8, 4) is 0 Å². The first-order chi connectivity index (χ1) is 16.9. The average Bonchev–Trinajstić information content (AvgIpc) is 3.43. The number of aryl methyl sites for hydroxylation is 1. The predicted molar refractivity (Wildman–Crippen MR) is 138 cm³/mol. The SMILES string of the molecule is CN[C@@H](C)C(=O)N[C@H]1CCSC2CC3(CCCC3)[C@@H](C(=O)NC3CCCc4ccccc43)N2C1=O. The molecule has 1 aromatic rings. The van der Waals surface area contributed by atoms with Crippen LogP contribution >= 0.6 is 11.8 Å². The van der Waals surface area contributed by atoms with Gasteiger partial charge in [-0.05, 0) is 75.8 Å². The van der Waals surface area contributed by atoms with Gasteiger partial charge in [-0.1, -0.05) is 37.1 Å². The van der Waals surface area contributed by atoms with Crippen LogP contribution in [-0.4, -0.2) is 58.9 Å². The van der Waals surface area contributed by atoms with Crippen LogP contribution in [0.5, 0.6) is 0 Å². The maximum atomic E-state index is 14.1. The summed E-state index contributed by atoms with van der Waals surface area (Å²) in [6, 6.07) is 6.96. The van der Waals surface area contributed by atoms with Gasteiger partial charge in [-0.2, -0.15) is 0 Å². The summed E-state index contributed by atoms with van der Waals surface area (Å²) in [7, 11) is 1.74. The standard InChI is InChI=1S/C27H38N4O3S/c1-17(28-2)24(32)30-21-12-15-35-22-16-27(13-5-6-14-27)23(31(22)26(21)34)25(33)29-20-11-7-9-18-8-3-4-10-19(18)20/h3-4,8,10,17,20-23,28H,5-7,9,11-16H2,1-2H3,(H,29,33)(H,30,32)/t17-,20?,21-,22?,23+/m0/s1. The molecule has 8 heteroatoms. The number of thioether (sulfide) groups is 1. The molecule has 1 spiro atoms. The van der Waals surface area contributed by atoms with Crippen molar-refractivity contribution >= 4 is 29.5 Å². The fraction of sp³-hybridized carbons (Fsp3) is 0.667. The highest BCUT2D eigenvalue weighted by Crippen LogP contribution is 2.55. The third kappa shape index (κ3) is 4.59. The van der Waals surface area contributed by atoms with Crippen LogP contribution in [0.2, 0.25) is 0 Å². The van der Waals surface area contributed by atoms with Crippen LogP contribution in [0.15, 0.2) is 24.3 Å². The van der Waals surface area contributed by atoms with E-state index in [-0.39, 0.29) is 40.6 Å². The van der Waals surface area contributed by atoms with Crippen molar-refractivity contribution in [3.05, 3.63) is 35.4 Å². The number of likely N-dealkylation sites (N-methyl/N-ethyl adjacent to an activating group) is 1. The van der Waals surface area contributed by atoms with E-state index in [1.54, 1.807) is 25.7 Å². The second-order valence-electron chi connectivity index (χ2n) is 10.8. The maximum Gasteiger partial charge on any atom is 0.246 e. The zero-order valence-corrected chi connectivity index (χ0v) is 21.7. The first kappa shape index (κ1) is 24.6. The van der Waals surface area contributed by atoms with E-state index in [9.17, 15) is 14.4 Å². The number of nitrogens with zero attached hydrogens (tertiary/aromatic N) is 1. The van der Waals surface area contributed by atoms with Crippen molar-refractivity contribution in [1.82, 2.24) is 20.9 Å². The highest BCUT2D eigenvalue weighted by molar-refractivity contribution is 7.99. The number of fused-ring (bicyclic) bond motifs is 2. The molecule has 2 unspecified atom stereocenters. The van der Waals surface area contributed by atoms with Gasteiger partial charge in [-0.3, -0.25) is 14.4 Å². The second-order valence-corrected chi connectivity index (χ2v) is 12.0. The molecule has 2 heterocycles. The number of benzene rings is 1. The minimum Gasteiger partial charge on any atom is -0.347 e. The first-order valence-corrected chi connectivity index (χ1v) is 14.3. The monoisotopic (exact) mass is 498 g/mol. The highest BCUT2D eigenvalue weighted by Gasteiger charge is 2.59. The average molecular weight is 499 g/mol. The molecule has 0 bridgehead atoms. The summed E-state index contributed by atoms with van der Waals surface area (Å²) in [5, 5.41) is 9.30. The lowest BCUT2D eigenvalue weighted by Crippen LogP contribution is -2.58. The lowest BCUT2D eigenvalue weighted by Gasteiger charge is -2.37. The molecule has 190 valence electrons. The molecule has 7 nitrogen and oxygen atoms in total. The Morgan fingerprint density at radius 3 is 2.63 bits per heavy atom. The van der Waals surface area contributed by atoms with Gasteiger partial charge in [-0.15, -0.1) is 11.8 Å². The minimum absolute atomic E-state index is 0.00128. The number of rotatable bonds is 5. The molecule has 3 amide bonds. The molecular formula is C27H38N4O3S. The molecule has 0 radical (unpaired) electrons. The van der Waals surface area contributed by atoms with Gasteiger partial charge in [0.05, 0.1) is 17.5 Å². The van der Waals surface area contributed by atoms with E-state index in [1.165, 1.54) is 11.1 Å². The Hall–Kier alpha value is -2.06. The Balaban J connectivity index is 1.42.